The molecule has 2 atom stereocenters. The summed E-state index contributed by atoms with van der Waals surface area (Å²) in [4.78, 5) is 4.47. The molecule has 0 radical (unpaired) electrons. The lowest BCUT2D eigenvalue weighted by Crippen LogP contribution is -2.26. The molecule has 2 heterocycles. The van der Waals surface area contributed by atoms with Gasteiger partial charge in [-0.3, -0.25) is 4.98 Å². The van der Waals surface area contributed by atoms with E-state index < -0.39 is 0 Å². The highest BCUT2D eigenvalue weighted by Gasteiger charge is 2.22. The Hall–Kier alpha value is -1.61. The third-order valence-electron chi connectivity index (χ3n) is 3.69. The highest BCUT2D eigenvalue weighted by molar-refractivity contribution is 5.90. The second-order valence-electron chi connectivity index (χ2n) is 4.94. The van der Waals surface area contributed by atoms with E-state index in [9.17, 15) is 0 Å². The SMILES string of the molecule is CC(Nc1cccc2cccnc12)C1CCOC1. The number of anilines is 1. The molecule has 94 valence electrons. The van der Waals surface area contributed by atoms with Gasteiger partial charge in [0.05, 0.1) is 17.8 Å². The molecule has 3 rings (SSSR count). The van der Waals surface area contributed by atoms with Crippen LogP contribution in [0.15, 0.2) is 36.5 Å². The lowest BCUT2D eigenvalue weighted by Gasteiger charge is -2.21. The number of hydrogen-bond donors (Lipinski definition) is 1. The number of aromatic nitrogens is 1. The van der Waals surface area contributed by atoms with Gasteiger partial charge in [0, 0.05) is 30.1 Å². The van der Waals surface area contributed by atoms with Crippen molar-refractivity contribution in [3.8, 4) is 0 Å². The van der Waals surface area contributed by atoms with Gasteiger partial charge < -0.3 is 10.1 Å². The fraction of sp³-hybridized carbons (Fsp3) is 0.400. The average molecular weight is 242 g/mol. The number of hydrogen-bond acceptors (Lipinski definition) is 3. The van der Waals surface area contributed by atoms with E-state index in [1.807, 2.05) is 12.3 Å². The summed E-state index contributed by atoms with van der Waals surface area (Å²) in [5.41, 5.74) is 2.17. The van der Waals surface area contributed by atoms with Crippen LogP contribution in [-0.4, -0.2) is 24.2 Å². The number of rotatable bonds is 3. The van der Waals surface area contributed by atoms with E-state index in [1.54, 1.807) is 0 Å². The van der Waals surface area contributed by atoms with Gasteiger partial charge in [0.2, 0.25) is 0 Å². The van der Waals surface area contributed by atoms with E-state index in [0.717, 1.165) is 30.8 Å². The third kappa shape index (κ3) is 2.18. The first kappa shape index (κ1) is 11.5. The number of ether oxygens (including phenoxy) is 1. The molecule has 1 fully saturated rings. The second kappa shape index (κ2) is 4.94. The predicted molar refractivity (Wildman–Crippen MR) is 73.8 cm³/mol. The number of para-hydroxylation sites is 1. The highest BCUT2D eigenvalue weighted by Crippen LogP contribution is 2.25. The fourth-order valence-electron chi connectivity index (χ4n) is 2.53. The predicted octanol–water partition coefficient (Wildman–Crippen LogP) is 3.07. The molecule has 1 aromatic heterocycles. The average Bonchev–Trinajstić information content (AvgIpc) is 2.93. The maximum Gasteiger partial charge on any atom is 0.0933 e. The molecule has 0 saturated carbocycles. The minimum absolute atomic E-state index is 0.417. The summed E-state index contributed by atoms with van der Waals surface area (Å²) in [7, 11) is 0. The van der Waals surface area contributed by atoms with Gasteiger partial charge in [0.15, 0.2) is 0 Å². The molecule has 2 unspecified atom stereocenters. The van der Waals surface area contributed by atoms with Crippen LogP contribution in [0.2, 0.25) is 0 Å². The lowest BCUT2D eigenvalue weighted by atomic mass is 10.0. The van der Waals surface area contributed by atoms with Crippen molar-refractivity contribution in [2.24, 2.45) is 5.92 Å². The first-order valence-electron chi connectivity index (χ1n) is 6.52. The Bertz CT molecular complexity index is 530. The first-order valence-corrected chi connectivity index (χ1v) is 6.52. The zero-order chi connectivity index (χ0) is 12.4. The van der Waals surface area contributed by atoms with E-state index in [2.05, 4.69) is 41.5 Å². The second-order valence-corrected chi connectivity index (χ2v) is 4.94. The van der Waals surface area contributed by atoms with E-state index in [0.29, 0.717) is 12.0 Å². The topological polar surface area (TPSA) is 34.2 Å². The molecular formula is C15H18N2O. The largest absolute Gasteiger partial charge is 0.381 e. The molecule has 18 heavy (non-hydrogen) atoms. The summed E-state index contributed by atoms with van der Waals surface area (Å²) < 4.78 is 5.45. The van der Waals surface area contributed by atoms with Crippen LogP contribution >= 0.6 is 0 Å². The van der Waals surface area contributed by atoms with Crippen LogP contribution in [0.3, 0.4) is 0 Å². The molecule has 1 saturated heterocycles. The van der Waals surface area contributed by atoms with Crippen molar-refractivity contribution in [3.05, 3.63) is 36.5 Å². The first-order chi connectivity index (χ1) is 8.84. The van der Waals surface area contributed by atoms with Crippen LogP contribution in [0.1, 0.15) is 13.3 Å². The van der Waals surface area contributed by atoms with Gasteiger partial charge in [-0.05, 0) is 25.5 Å². The monoisotopic (exact) mass is 242 g/mol. The molecule has 2 aromatic rings. The Kier molecular flexibility index (Phi) is 3.15. The molecule has 1 aromatic carbocycles. The van der Waals surface area contributed by atoms with E-state index in [4.69, 9.17) is 4.74 Å². The number of fused-ring (bicyclic) bond motifs is 1. The smallest absolute Gasteiger partial charge is 0.0933 e. The zero-order valence-corrected chi connectivity index (χ0v) is 10.6. The van der Waals surface area contributed by atoms with Gasteiger partial charge in [0.1, 0.15) is 0 Å². The highest BCUT2D eigenvalue weighted by atomic mass is 16.5. The number of nitrogens with zero attached hydrogens (tertiary/aromatic N) is 1. The summed E-state index contributed by atoms with van der Waals surface area (Å²) in [5, 5.41) is 4.76. The minimum atomic E-state index is 0.417. The van der Waals surface area contributed by atoms with Crippen molar-refractivity contribution in [2.45, 2.75) is 19.4 Å². The van der Waals surface area contributed by atoms with E-state index >= 15 is 0 Å². The van der Waals surface area contributed by atoms with Crippen LogP contribution in [-0.2, 0) is 4.74 Å². The Morgan fingerprint density at radius 1 is 1.33 bits per heavy atom. The van der Waals surface area contributed by atoms with Crippen molar-refractivity contribution in [1.29, 1.82) is 0 Å². The van der Waals surface area contributed by atoms with Gasteiger partial charge in [-0.15, -0.1) is 0 Å². The van der Waals surface area contributed by atoms with E-state index in [-0.39, 0.29) is 0 Å². The summed E-state index contributed by atoms with van der Waals surface area (Å²) >= 11 is 0. The maximum absolute atomic E-state index is 5.45. The van der Waals surface area contributed by atoms with Crippen LogP contribution in [0.5, 0.6) is 0 Å². The number of nitrogens with one attached hydrogen (secondary N) is 1. The molecule has 0 bridgehead atoms. The molecule has 0 aliphatic carbocycles. The molecule has 0 amide bonds. The zero-order valence-electron chi connectivity index (χ0n) is 10.6. The molecule has 3 nitrogen and oxygen atoms in total. The molecule has 1 aliphatic heterocycles. The van der Waals surface area contributed by atoms with Crippen LogP contribution in [0.25, 0.3) is 10.9 Å². The Morgan fingerprint density at radius 2 is 2.22 bits per heavy atom. The quantitative estimate of drug-likeness (QED) is 0.898. The fourth-order valence-corrected chi connectivity index (χ4v) is 2.53. The molecule has 1 N–H and O–H groups in total. The van der Waals surface area contributed by atoms with Crippen molar-refractivity contribution in [2.75, 3.05) is 18.5 Å². The van der Waals surface area contributed by atoms with Crippen LogP contribution < -0.4 is 5.32 Å². The Labute approximate surface area is 107 Å². The van der Waals surface area contributed by atoms with Gasteiger partial charge in [-0.25, -0.2) is 0 Å². The van der Waals surface area contributed by atoms with Crippen molar-refractivity contribution >= 4 is 16.6 Å². The Morgan fingerprint density at radius 3 is 3.06 bits per heavy atom. The minimum Gasteiger partial charge on any atom is -0.381 e. The van der Waals surface area contributed by atoms with Crippen LogP contribution in [0.4, 0.5) is 5.69 Å². The van der Waals surface area contributed by atoms with Gasteiger partial charge >= 0.3 is 0 Å². The lowest BCUT2D eigenvalue weighted by molar-refractivity contribution is 0.183. The van der Waals surface area contributed by atoms with E-state index in [1.165, 1.54) is 5.39 Å². The van der Waals surface area contributed by atoms with Gasteiger partial charge in [0.25, 0.3) is 0 Å². The number of pyridine rings is 1. The molecule has 0 spiro atoms. The third-order valence-corrected chi connectivity index (χ3v) is 3.69. The normalized spacial score (nSPS) is 21.1. The van der Waals surface area contributed by atoms with Gasteiger partial charge in [-0.1, -0.05) is 18.2 Å². The summed E-state index contributed by atoms with van der Waals surface area (Å²) in [6.07, 6.45) is 2.99. The van der Waals surface area contributed by atoms with Gasteiger partial charge in [-0.2, -0.15) is 0 Å². The molecular weight excluding hydrogens is 224 g/mol. The van der Waals surface area contributed by atoms with Crippen molar-refractivity contribution < 1.29 is 4.74 Å². The summed E-state index contributed by atoms with van der Waals surface area (Å²) in [6, 6.07) is 10.8. The Balaban J connectivity index is 1.85. The maximum atomic E-state index is 5.45. The summed E-state index contributed by atoms with van der Waals surface area (Å²) in [5.74, 6) is 0.601. The number of benzene rings is 1. The standard InChI is InChI=1S/C15H18N2O/c1-11(13-7-9-18-10-13)17-14-6-2-4-12-5-3-8-16-15(12)14/h2-6,8,11,13,17H,7,9-10H2,1H3. The summed E-state index contributed by atoms with van der Waals surface area (Å²) in [6.45, 7) is 3.98. The van der Waals surface area contributed by atoms with Crippen molar-refractivity contribution in [3.63, 3.8) is 0 Å². The molecule has 3 heteroatoms. The van der Waals surface area contributed by atoms with Crippen LogP contribution in [0, 0.1) is 5.92 Å². The van der Waals surface area contributed by atoms with Crippen molar-refractivity contribution in [1.82, 2.24) is 4.98 Å². The molecule has 1 aliphatic rings.